The molecule has 3 aliphatic heterocycles. The first-order chi connectivity index (χ1) is 13.6. The number of anilines is 4. The van der Waals surface area contributed by atoms with Gasteiger partial charge in [-0.2, -0.15) is 4.98 Å². The van der Waals surface area contributed by atoms with Crippen LogP contribution >= 0.6 is 0 Å². The van der Waals surface area contributed by atoms with Crippen molar-refractivity contribution < 1.29 is 9.13 Å². The Bertz CT molecular complexity index is 908. The van der Waals surface area contributed by atoms with Gasteiger partial charge in [0.05, 0.1) is 12.3 Å². The average molecular weight is 384 g/mol. The summed E-state index contributed by atoms with van der Waals surface area (Å²) in [7, 11) is 1.80. The first-order valence-corrected chi connectivity index (χ1v) is 9.86. The first-order valence-electron chi connectivity index (χ1n) is 9.86. The second kappa shape index (κ2) is 6.77. The van der Waals surface area contributed by atoms with Gasteiger partial charge in [0.15, 0.2) is 5.82 Å². The molecule has 3 N–H and O–H groups in total. The van der Waals surface area contributed by atoms with Gasteiger partial charge in [-0.1, -0.05) is 0 Å². The van der Waals surface area contributed by atoms with Crippen LogP contribution in [0.25, 0.3) is 0 Å². The highest BCUT2D eigenvalue weighted by atomic mass is 19.1. The third kappa shape index (κ3) is 2.92. The van der Waals surface area contributed by atoms with Gasteiger partial charge in [-0.25, -0.2) is 9.37 Å². The van der Waals surface area contributed by atoms with Crippen LogP contribution in [0.1, 0.15) is 11.3 Å². The summed E-state index contributed by atoms with van der Waals surface area (Å²) >= 11 is 0. The lowest BCUT2D eigenvalue weighted by molar-refractivity contribution is 0.355. The van der Waals surface area contributed by atoms with E-state index in [9.17, 15) is 0 Å². The largest absolute Gasteiger partial charge is 0.491 e. The van der Waals surface area contributed by atoms with Crippen LogP contribution in [-0.4, -0.2) is 49.8 Å². The molecule has 1 aromatic heterocycles. The minimum Gasteiger partial charge on any atom is -0.491 e. The van der Waals surface area contributed by atoms with Crippen molar-refractivity contribution in [3.63, 3.8) is 0 Å². The van der Waals surface area contributed by atoms with Gasteiger partial charge in [-0.05, 0) is 24.8 Å². The number of aromatic nitrogens is 2. The zero-order valence-corrected chi connectivity index (χ0v) is 16.2. The highest BCUT2D eigenvalue weighted by Crippen LogP contribution is 2.45. The summed E-state index contributed by atoms with van der Waals surface area (Å²) in [5.41, 5.74) is 2.85. The van der Waals surface area contributed by atoms with Crippen LogP contribution in [0.4, 0.5) is 27.5 Å². The topological polar surface area (TPSA) is 74.3 Å². The molecule has 148 valence electrons. The highest BCUT2D eigenvalue weighted by molar-refractivity contribution is 5.74. The summed E-state index contributed by atoms with van der Waals surface area (Å²) in [6, 6.07) is 3.69. The number of rotatable bonds is 4. The molecule has 0 saturated carbocycles. The molecule has 2 fully saturated rings. The van der Waals surface area contributed by atoms with Crippen LogP contribution in [0, 0.1) is 24.6 Å². The minimum absolute atomic E-state index is 0.287. The standard InChI is InChI=1S/C20H25FN6O/c1-11-5-16(22-2)26-20(24-11)25-15-6-12-3-4-28-19(12)18(17(15)21)27-9-13-7-23-8-14(13)10-27/h5-6,13-14,23H,3-4,7-10H2,1-2H3,(H2,22,24,25,26). The summed E-state index contributed by atoms with van der Waals surface area (Å²) < 4.78 is 21.5. The van der Waals surface area contributed by atoms with Crippen molar-refractivity contribution in [1.82, 2.24) is 15.3 Å². The maximum atomic E-state index is 15.7. The second-order valence-corrected chi connectivity index (χ2v) is 7.85. The molecule has 3 aliphatic rings. The third-order valence-electron chi connectivity index (χ3n) is 5.95. The number of ether oxygens (including phenoxy) is 1. The fourth-order valence-corrected chi connectivity index (χ4v) is 4.58. The monoisotopic (exact) mass is 384 g/mol. The predicted octanol–water partition coefficient (Wildman–Crippen LogP) is 2.30. The number of benzene rings is 1. The fraction of sp³-hybridized carbons (Fsp3) is 0.500. The van der Waals surface area contributed by atoms with E-state index >= 15 is 4.39 Å². The molecule has 0 aliphatic carbocycles. The van der Waals surface area contributed by atoms with Crippen LogP contribution in [0.2, 0.25) is 0 Å². The lowest BCUT2D eigenvalue weighted by Gasteiger charge is -2.24. The molecular formula is C20H25FN6O. The maximum absolute atomic E-state index is 15.7. The third-order valence-corrected chi connectivity index (χ3v) is 5.95. The molecule has 0 bridgehead atoms. The Hall–Kier alpha value is -2.61. The SMILES string of the molecule is CNc1cc(C)nc(Nc2cc3c(c(N4CC5CNCC5C4)c2F)OCC3)n1. The van der Waals surface area contributed by atoms with Crippen molar-refractivity contribution in [2.24, 2.45) is 11.8 Å². The van der Waals surface area contributed by atoms with Crippen molar-refractivity contribution in [3.8, 4) is 5.75 Å². The number of nitrogens with zero attached hydrogens (tertiary/aromatic N) is 3. The van der Waals surface area contributed by atoms with Crippen molar-refractivity contribution in [3.05, 3.63) is 29.2 Å². The molecule has 7 nitrogen and oxygen atoms in total. The van der Waals surface area contributed by atoms with Crippen LogP contribution in [0.5, 0.6) is 5.75 Å². The molecule has 1 aromatic carbocycles. The summed E-state index contributed by atoms with van der Waals surface area (Å²) in [6.07, 6.45) is 0.788. The number of hydrogen-bond acceptors (Lipinski definition) is 7. The van der Waals surface area contributed by atoms with Crippen LogP contribution < -0.4 is 25.6 Å². The lowest BCUT2D eigenvalue weighted by Crippen LogP contribution is -2.27. The fourth-order valence-electron chi connectivity index (χ4n) is 4.58. The molecule has 2 unspecified atom stereocenters. The Morgan fingerprint density at radius 2 is 2.00 bits per heavy atom. The smallest absolute Gasteiger partial charge is 0.229 e. The minimum atomic E-state index is -0.287. The van der Waals surface area contributed by atoms with Gasteiger partial charge in [-0.15, -0.1) is 0 Å². The Balaban J connectivity index is 1.52. The quantitative estimate of drug-likeness (QED) is 0.747. The first kappa shape index (κ1) is 17.5. The van der Waals surface area contributed by atoms with Gasteiger partial charge in [-0.3, -0.25) is 0 Å². The Kier molecular flexibility index (Phi) is 4.23. The van der Waals surface area contributed by atoms with Crippen LogP contribution in [0.15, 0.2) is 12.1 Å². The van der Waals surface area contributed by atoms with E-state index in [0.29, 0.717) is 47.3 Å². The van der Waals surface area contributed by atoms with Crippen LogP contribution in [-0.2, 0) is 6.42 Å². The Morgan fingerprint density at radius 1 is 1.21 bits per heavy atom. The zero-order chi connectivity index (χ0) is 19.3. The summed E-state index contributed by atoms with van der Waals surface area (Å²) in [5.74, 6) is 2.65. The highest BCUT2D eigenvalue weighted by Gasteiger charge is 2.39. The van der Waals surface area contributed by atoms with E-state index in [1.165, 1.54) is 0 Å². The lowest BCUT2D eigenvalue weighted by atomic mass is 10.0. The van der Waals surface area contributed by atoms with Crippen molar-refractivity contribution in [2.75, 3.05) is 55.4 Å². The number of hydrogen-bond donors (Lipinski definition) is 3. The zero-order valence-electron chi connectivity index (χ0n) is 16.2. The van der Waals surface area contributed by atoms with Gasteiger partial charge >= 0.3 is 0 Å². The van der Waals surface area contributed by atoms with Crippen LogP contribution in [0.3, 0.4) is 0 Å². The predicted molar refractivity (Wildman–Crippen MR) is 107 cm³/mol. The van der Waals surface area contributed by atoms with Crippen molar-refractivity contribution in [2.45, 2.75) is 13.3 Å². The van der Waals surface area contributed by atoms with E-state index in [-0.39, 0.29) is 5.82 Å². The molecule has 8 heteroatoms. The van der Waals surface area contributed by atoms with E-state index in [0.717, 1.165) is 43.9 Å². The van der Waals surface area contributed by atoms with E-state index in [2.05, 4.69) is 30.8 Å². The molecule has 2 aromatic rings. The molecule has 0 radical (unpaired) electrons. The maximum Gasteiger partial charge on any atom is 0.229 e. The molecule has 2 atom stereocenters. The average Bonchev–Trinajstić information content (AvgIpc) is 3.37. The van der Waals surface area contributed by atoms with E-state index in [4.69, 9.17) is 4.74 Å². The number of nitrogens with one attached hydrogen (secondary N) is 3. The molecule has 0 spiro atoms. The molecule has 28 heavy (non-hydrogen) atoms. The van der Waals surface area contributed by atoms with Gasteiger partial charge < -0.3 is 25.6 Å². The van der Waals surface area contributed by atoms with Gasteiger partial charge in [0.2, 0.25) is 5.95 Å². The number of aryl methyl sites for hydroxylation is 1. The summed E-state index contributed by atoms with van der Waals surface area (Å²) in [5, 5.41) is 9.55. The Labute approximate surface area is 163 Å². The van der Waals surface area contributed by atoms with Gasteiger partial charge in [0.25, 0.3) is 0 Å². The summed E-state index contributed by atoms with van der Waals surface area (Å²) in [6.45, 7) is 6.22. The summed E-state index contributed by atoms with van der Waals surface area (Å²) in [4.78, 5) is 11.0. The normalized spacial score (nSPS) is 22.8. The van der Waals surface area contributed by atoms with E-state index in [1.807, 2.05) is 19.1 Å². The van der Waals surface area contributed by atoms with Crippen molar-refractivity contribution in [1.29, 1.82) is 0 Å². The molecule has 5 rings (SSSR count). The van der Waals surface area contributed by atoms with Gasteiger partial charge in [0.1, 0.15) is 17.3 Å². The van der Waals surface area contributed by atoms with Crippen molar-refractivity contribution >= 4 is 23.1 Å². The molecule has 0 amide bonds. The Morgan fingerprint density at radius 3 is 2.75 bits per heavy atom. The second-order valence-electron chi connectivity index (χ2n) is 7.85. The van der Waals surface area contributed by atoms with E-state index < -0.39 is 0 Å². The molecular weight excluding hydrogens is 359 g/mol. The number of fused-ring (bicyclic) bond motifs is 2. The van der Waals surface area contributed by atoms with Gasteiger partial charge in [0, 0.05) is 57.0 Å². The van der Waals surface area contributed by atoms with E-state index in [1.54, 1.807) is 7.05 Å². The molecule has 4 heterocycles. The molecule has 2 saturated heterocycles. The number of halogens is 1.